The van der Waals surface area contributed by atoms with E-state index in [0.717, 1.165) is 11.7 Å². The monoisotopic (exact) mass is 217 g/mol. The number of likely N-dealkylation sites (N-methyl/N-ethyl adjacent to an activating group) is 1. The number of hydrogen-bond acceptors (Lipinski definition) is 3. The second kappa shape index (κ2) is 6.30. The van der Waals surface area contributed by atoms with Gasteiger partial charge in [-0.1, -0.05) is 12.8 Å². The normalized spacial score (nSPS) is 19.8. The zero-order valence-electron chi connectivity index (χ0n) is 8.66. The van der Waals surface area contributed by atoms with E-state index in [9.17, 15) is 4.79 Å². The average Bonchev–Trinajstić information content (AvgIpc) is 2.64. The molecule has 14 heavy (non-hydrogen) atoms. The van der Waals surface area contributed by atoms with Gasteiger partial charge in [0.2, 0.25) is 0 Å². The van der Waals surface area contributed by atoms with Crippen molar-refractivity contribution < 1.29 is 9.90 Å². The highest BCUT2D eigenvalue weighted by Crippen LogP contribution is 2.27. The highest BCUT2D eigenvalue weighted by atomic mass is 32.2. The maximum atomic E-state index is 10.7. The molecule has 0 saturated heterocycles. The van der Waals surface area contributed by atoms with Crippen LogP contribution < -0.4 is 5.32 Å². The molecule has 0 aliphatic heterocycles. The summed E-state index contributed by atoms with van der Waals surface area (Å²) in [5.41, 5.74) is 0. The quantitative estimate of drug-likeness (QED) is 0.709. The van der Waals surface area contributed by atoms with Crippen LogP contribution in [0.25, 0.3) is 0 Å². The van der Waals surface area contributed by atoms with Crippen molar-refractivity contribution in [3.63, 3.8) is 0 Å². The first kappa shape index (κ1) is 11.9. The number of rotatable bonds is 6. The van der Waals surface area contributed by atoms with E-state index in [0.29, 0.717) is 5.75 Å². The molecule has 0 bridgehead atoms. The molecule has 1 unspecified atom stereocenters. The standard InChI is InChI=1S/C10H19NO2S/c1-11-9(10(12)13)7-14-6-8-4-2-3-5-8/h8-9,11H,2-7H2,1H3,(H,12,13). The summed E-state index contributed by atoms with van der Waals surface area (Å²) in [6, 6.07) is -0.388. The van der Waals surface area contributed by atoms with Crippen molar-refractivity contribution in [3.8, 4) is 0 Å². The molecule has 0 spiro atoms. The molecule has 1 atom stereocenters. The summed E-state index contributed by atoms with van der Waals surface area (Å²) in [6.07, 6.45) is 5.40. The third-order valence-corrected chi connectivity index (χ3v) is 4.04. The molecule has 1 rings (SSSR count). The molecule has 2 N–H and O–H groups in total. The minimum absolute atomic E-state index is 0.388. The molecule has 0 aromatic heterocycles. The molecule has 0 aromatic rings. The lowest BCUT2D eigenvalue weighted by Gasteiger charge is -2.12. The Bertz CT molecular complexity index is 181. The van der Waals surface area contributed by atoms with Crippen LogP contribution in [0.3, 0.4) is 0 Å². The summed E-state index contributed by atoms with van der Waals surface area (Å²) in [6.45, 7) is 0. The fraction of sp³-hybridized carbons (Fsp3) is 0.900. The minimum atomic E-state index is -0.744. The lowest BCUT2D eigenvalue weighted by atomic mass is 10.1. The SMILES string of the molecule is CNC(CSCC1CCCC1)C(=O)O. The van der Waals surface area contributed by atoms with Crippen LogP contribution in [0.4, 0.5) is 0 Å². The van der Waals surface area contributed by atoms with Gasteiger partial charge in [0.05, 0.1) is 0 Å². The topological polar surface area (TPSA) is 49.3 Å². The van der Waals surface area contributed by atoms with Crippen molar-refractivity contribution in [1.82, 2.24) is 5.32 Å². The van der Waals surface area contributed by atoms with Gasteiger partial charge in [0.15, 0.2) is 0 Å². The Morgan fingerprint density at radius 2 is 2.21 bits per heavy atom. The number of hydrogen-bond donors (Lipinski definition) is 2. The van der Waals surface area contributed by atoms with Crippen LogP contribution >= 0.6 is 11.8 Å². The number of carbonyl (C=O) groups is 1. The van der Waals surface area contributed by atoms with Crippen LogP contribution in [-0.4, -0.2) is 35.7 Å². The Kier molecular flexibility index (Phi) is 5.33. The zero-order valence-corrected chi connectivity index (χ0v) is 9.48. The van der Waals surface area contributed by atoms with Crippen LogP contribution in [0.1, 0.15) is 25.7 Å². The summed E-state index contributed by atoms with van der Waals surface area (Å²) in [7, 11) is 1.70. The smallest absolute Gasteiger partial charge is 0.321 e. The van der Waals surface area contributed by atoms with Gasteiger partial charge >= 0.3 is 5.97 Å². The summed E-state index contributed by atoms with van der Waals surface area (Å²) in [5, 5.41) is 11.6. The number of aliphatic carboxylic acids is 1. The van der Waals surface area contributed by atoms with Gasteiger partial charge in [-0.3, -0.25) is 4.79 Å². The molecule has 1 saturated carbocycles. The molecule has 1 aliphatic rings. The molecular formula is C10H19NO2S. The first-order valence-electron chi connectivity index (χ1n) is 5.22. The summed E-state index contributed by atoms with van der Waals surface area (Å²) in [4.78, 5) is 10.7. The van der Waals surface area contributed by atoms with E-state index in [1.54, 1.807) is 18.8 Å². The van der Waals surface area contributed by atoms with E-state index in [1.165, 1.54) is 25.7 Å². The molecule has 0 amide bonds. The first-order valence-corrected chi connectivity index (χ1v) is 6.37. The minimum Gasteiger partial charge on any atom is -0.480 e. The van der Waals surface area contributed by atoms with E-state index >= 15 is 0 Å². The third-order valence-electron chi connectivity index (χ3n) is 2.76. The van der Waals surface area contributed by atoms with Gasteiger partial charge in [-0.05, 0) is 31.6 Å². The second-order valence-corrected chi connectivity index (χ2v) is 4.94. The predicted molar refractivity (Wildman–Crippen MR) is 59.8 cm³/mol. The van der Waals surface area contributed by atoms with Gasteiger partial charge < -0.3 is 10.4 Å². The van der Waals surface area contributed by atoms with Crippen LogP contribution in [0, 0.1) is 5.92 Å². The Morgan fingerprint density at radius 1 is 1.57 bits per heavy atom. The molecule has 0 aromatic carbocycles. The largest absolute Gasteiger partial charge is 0.480 e. The predicted octanol–water partition coefficient (Wildman–Crippen LogP) is 1.58. The van der Waals surface area contributed by atoms with Gasteiger partial charge in [-0.2, -0.15) is 11.8 Å². The molecule has 0 radical (unpaired) electrons. The van der Waals surface area contributed by atoms with E-state index < -0.39 is 5.97 Å². The fourth-order valence-electron chi connectivity index (χ4n) is 1.81. The molecular weight excluding hydrogens is 198 g/mol. The van der Waals surface area contributed by atoms with Crippen molar-refractivity contribution >= 4 is 17.7 Å². The summed E-state index contributed by atoms with van der Waals surface area (Å²) in [5.74, 6) is 1.91. The number of carboxylic acids is 1. The van der Waals surface area contributed by atoms with Crippen LogP contribution in [0.2, 0.25) is 0 Å². The van der Waals surface area contributed by atoms with E-state index in [-0.39, 0.29) is 6.04 Å². The zero-order chi connectivity index (χ0) is 10.4. The van der Waals surface area contributed by atoms with Crippen molar-refractivity contribution in [3.05, 3.63) is 0 Å². The number of thioether (sulfide) groups is 1. The van der Waals surface area contributed by atoms with Gasteiger partial charge in [0.1, 0.15) is 6.04 Å². The van der Waals surface area contributed by atoms with Gasteiger partial charge in [0, 0.05) is 5.75 Å². The van der Waals surface area contributed by atoms with Crippen molar-refractivity contribution in [2.45, 2.75) is 31.7 Å². The van der Waals surface area contributed by atoms with E-state index in [2.05, 4.69) is 5.32 Å². The molecule has 1 aliphatic carbocycles. The molecule has 82 valence electrons. The van der Waals surface area contributed by atoms with Crippen LogP contribution in [0.5, 0.6) is 0 Å². The molecule has 3 nitrogen and oxygen atoms in total. The van der Waals surface area contributed by atoms with Crippen LogP contribution in [0.15, 0.2) is 0 Å². The highest BCUT2D eigenvalue weighted by Gasteiger charge is 2.18. The third kappa shape index (κ3) is 3.88. The fourth-order valence-corrected chi connectivity index (χ4v) is 3.16. The Morgan fingerprint density at radius 3 is 2.71 bits per heavy atom. The van der Waals surface area contributed by atoms with Crippen LogP contribution in [-0.2, 0) is 4.79 Å². The van der Waals surface area contributed by atoms with Gasteiger partial charge in [-0.25, -0.2) is 0 Å². The lowest BCUT2D eigenvalue weighted by molar-refractivity contribution is -0.138. The highest BCUT2D eigenvalue weighted by molar-refractivity contribution is 7.99. The Labute approximate surface area is 89.6 Å². The van der Waals surface area contributed by atoms with Gasteiger partial charge in [-0.15, -0.1) is 0 Å². The van der Waals surface area contributed by atoms with E-state index in [4.69, 9.17) is 5.11 Å². The Balaban J connectivity index is 2.09. The Hall–Kier alpha value is -0.220. The lowest BCUT2D eigenvalue weighted by Crippen LogP contribution is -2.36. The molecule has 0 heterocycles. The van der Waals surface area contributed by atoms with E-state index in [1.807, 2.05) is 0 Å². The summed E-state index contributed by atoms with van der Waals surface area (Å²) < 4.78 is 0. The van der Waals surface area contributed by atoms with Crippen molar-refractivity contribution in [1.29, 1.82) is 0 Å². The summed E-state index contributed by atoms with van der Waals surface area (Å²) >= 11 is 1.77. The average molecular weight is 217 g/mol. The van der Waals surface area contributed by atoms with Crippen molar-refractivity contribution in [2.24, 2.45) is 5.92 Å². The molecule has 4 heteroatoms. The van der Waals surface area contributed by atoms with Crippen molar-refractivity contribution in [2.75, 3.05) is 18.6 Å². The van der Waals surface area contributed by atoms with Gasteiger partial charge in [0.25, 0.3) is 0 Å². The number of carboxylic acid groups (broad SMARTS) is 1. The second-order valence-electron chi connectivity index (χ2n) is 3.87. The maximum Gasteiger partial charge on any atom is 0.321 e. The first-order chi connectivity index (χ1) is 6.74. The molecule has 1 fully saturated rings. The maximum absolute atomic E-state index is 10.7. The number of nitrogens with one attached hydrogen (secondary N) is 1.